The molecule has 4 heteroatoms. The minimum Gasteiger partial charge on any atom is -0.455 e. The summed E-state index contributed by atoms with van der Waals surface area (Å²) in [6.45, 7) is 13.2. The van der Waals surface area contributed by atoms with Crippen molar-refractivity contribution >= 4 is 11.9 Å². The Labute approximate surface area is 166 Å². The highest BCUT2D eigenvalue weighted by atomic mass is 16.6. The molecule has 0 bridgehead atoms. The van der Waals surface area contributed by atoms with Crippen molar-refractivity contribution in [3.05, 3.63) is 64.7 Å². The molecule has 28 heavy (non-hydrogen) atoms. The fourth-order valence-corrected chi connectivity index (χ4v) is 3.19. The van der Waals surface area contributed by atoms with Gasteiger partial charge in [0.25, 0.3) is 0 Å². The average molecular weight is 380 g/mol. The number of carbonyl (C=O) groups is 2. The van der Waals surface area contributed by atoms with Crippen molar-refractivity contribution in [1.82, 2.24) is 0 Å². The maximum absolute atomic E-state index is 12.9. The van der Waals surface area contributed by atoms with Crippen molar-refractivity contribution in [3.8, 4) is 5.75 Å². The Morgan fingerprint density at radius 1 is 0.857 bits per heavy atom. The maximum Gasteiger partial charge on any atom is 0.342 e. The van der Waals surface area contributed by atoms with Crippen molar-refractivity contribution in [1.29, 1.82) is 0 Å². The maximum atomic E-state index is 12.9. The van der Waals surface area contributed by atoms with Crippen LogP contribution >= 0.6 is 0 Å². The molecule has 0 aromatic heterocycles. The quantitative estimate of drug-likeness (QED) is 0.531. The lowest BCUT2D eigenvalue weighted by Gasteiger charge is -2.40. The van der Waals surface area contributed by atoms with Crippen LogP contribution in [-0.2, 0) is 14.9 Å². The molecular weight excluding hydrogens is 352 g/mol. The van der Waals surface area contributed by atoms with Gasteiger partial charge < -0.3 is 9.47 Å². The second-order valence-electron chi connectivity index (χ2n) is 9.12. The van der Waals surface area contributed by atoms with E-state index in [1.54, 1.807) is 39.8 Å². The van der Waals surface area contributed by atoms with Crippen LogP contribution in [0, 0.1) is 12.3 Å². The van der Waals surface area contributed by atoms with E-state index in [2.05, 4.69) is 45.0 Å². The Morgan fingerprint density at radius 2 is 1.43 bits per heavy atom. The van der Waals surface area contributed by atoms with Crippen molar-refractivity contribution in [2.45, 2.75) is 59.5 Å². The standard InChI is InChI=1S/C24H28O4/c1-15-8-10-16(11-9-15)22(2,3)17-12-13-19-18(14-17)20(25)28-24(6,7)23(4,5)21(26)27-19/h8-14H,1-7H3. The lowest BCUT2D eigenvalue weighted by molar-refractivity contribution is -0.159. The summed E-state index contributed by atoms with van der Waals surface area (Å²) in [6, 6.07) is 13.7. The zero-order valence-electron chi connectivity index (χ0n) is 17.7. The molecule has 1 aliphatic rings. The monoisotopic (exact) mass is 380 g/mol. The van der Waals surface area contributed by atoms with Gasteiger partial charge in [-0.2, -0.15) is 0 Å². The molecule has 0 N–H and O–H groups in total. The Morgan fingerprint density at radius 3 is 2.04 bits per heavy atom. The summed E-state index contributed by atoms with van der Waals surface area (Å²) in [6.07, 6.45) is 0. The van der Waals surface area contributed by atoms with Gasteiger partial charge in [-0.3, -0.25) is 4.79 Å². The van der Waals surface area contributed by atoms with Crippen LogP contribution < -0.4 is 4.74 Å². The van der Waals surface area contributed by atoms with Gasteiger partial charge in [-0.1, -0.05) is 49.7 Å². The zero-order valence-corrected chi connectivity index (χ0v) is 17.7. The van der Waals surface area contributed by atoms with Crippen molar-refractivity contribution in [2.75, 3.05) is 0 Å². The Bertz CT molecular complexity index is 934. The van der Waals surface area contributed by atoms with Crippen LogP contribution in [0.5, 0.6) is 5.75 Å². The van der Waals surface area contributed by atoms with Gasteiger partial charge in [0.15, 0.2) is 0 Å². The molecule has 1 aliphatic heterocycles. The summed E-state index contributed by atoms with van der Waals surface area (Å²) in [5, 5.41) is 0. The van der Waals surface area contributed by atoms with Crippen LogP contribution in [0.4, 0.5) is 0 Å². The van der Waals surface area contributed by atoms with Gasteiger partial charge in [-0.15, -0.1) is 0 Å². The van der Waals surface area contributed by atoms with Crippen LogP contribution in [0.15, 0.2) is 42.5 Å². The van der Waals surface area contributed by atoms with Crippen molar-refractivity contribution in [3.63, 3.8) is 0 Å². The van der Waals surface area contributed by atoms with E-state index in [9.17, 15) is 9.59 Å². The smallest absolute Gasteiger partial charge is 0.342 e. The van der Waals surface area contributed by atoms with Gasteiger partial charge in [0.05, 0.1) is 0 Å². The van der Waals surface area contributed by atoms with Crippen LogP contribution in [0.2, 0.25) is 0 Å². The van der Waals surface area contributed by atoms with E-state index >= 15 is 0 Å². The molecule has 3 rings (SSSR count). The molecule has 0 saturated heterocycles. The van der Waals surface area contributed by atoms with Crippen molar-refractivity contribution < 1.29 is 19.1 Å². The molecule has 0 aliphatic carbocycles. The zero-order chi connectivity index (χ0) is 20.9. The second-order valence-corrected chi connectivity index (χ2v) is 9.12. The summed E-state index contributed by atoms with van der Waals surface area (Å²) >= 11 is 0. The van der Waals surface area contributed by atoms with Gasteiger partial charge in [0.2, 0.25) is 0 Å². The molecule has 0 fully saturated rings. The average Bonchev–Trinajstić information content (AvgIpc) is 2.60. The fourth-order valence-electron chi connectivity index (χ4n) is 3.19. The lowest BCUT2D eigenvalue weighted by atomic mass is 9.76. The number of ether oxygens (including phenoxy) is 2. The van der Waals surface area contributed by atoms with E-state index in [4.69, 9.17) is 9.47 Å². The molecular formula is C24H28O4. The van der Waals surface area contributed by atoms with Gasteiger partial charge in [-0.05, 0) is 57.9 Å². The van der Waals surface area contributed by atoms with Crippen molar-refractivity contribution in [2.24, 2.45) is 5.41 Å². The molecule has 0 spiro atoms. The summed E-state index contributed by atoms with van der Waals surface area (Å²) in [5.74, 6) is -0.666. The van der Waals surface area contributed by atoms with E-state index in [1.165, 1.54) is 5.56 Å². The molecule has 4 nitrogen and oxygen atoms in total. The Balaban J connectivity index is 2.08. The minimum atomic E-state index is -0.999. The number of hydrogen-bond donors (Lipinski definition) is 0. The van der Waals surface area contributed by atoms with Crippen LogP contribution in [0.3, 0.4) is 0 Å². The summed E-state index contributed by atoms with van der Waals surface area (Å²) in [5.41, 5.74) is 1.25. The van der Waals surface area contributed by atoms with E-state index < -0.39 is 23.0 Å². The lowest BCUT2D eigenvalue weighted by Crippen LogP contribution is -2.51. The first-order valence-electron chi connectivity index (χ1n) is 9.53. The van der Waals surface area contributed by atoms with E-state index in [1.807, 2.05) is 6.07 Å². The minimum absolute atomic E-state index is 0.238. The highest BCUT2D eigenvalue weighted by Gasteiger charge is 2.49. The second kappa shape index (κ2) is 6.47. The molecule has 148 valence electrons. The van der Waals surface area contributed by atoms with E-state index in [-0.39, 0.29) is 16.7 Å². The first-order valence-corrected chi connectivity index (χ1v) is 9.53. The molecule has 2 aromatic rings. The van der Waals surface area contributed by atoms with Crippen LogP contribution in [-0.4, -0.2) is 17.5 Å². The fraction of sp³-hybridized carbons (Fsp3) is 0.417. The number of hydrogen-bond acceptors (Lipinski definition) is 4. The molecule has 0 atom stereocenters. The van der Waals surface area contributed by atoms with Crippen LogP contribution in [0.1, 0.15) is 68.6 Å². The number of aryl methyl sites for hydroxylation is 1. The molecule has 0 amide bonds. The normalized spacial score (nSPS) is 18.4. The third-order valence-electron chi connectivity index (χ3n) is 6.26. The van der Waals surface area contributed by atoms with Gasteiger partial charge in [-0.25, -0.2) is 4.79 Å². The predicted molar refractivity (Wildman–Crippen MR) is 109 cm³/mol. The summed E-state index contributed by atoms with van der Waals surface area (Å²) in [7, 11) is 0. The first kappa shape index (κ1) is 20.1. The Hall–Kier alpha value is -2.62. The number of cyclic esters (lactones) is 1. The van der Waals surface area contributed by atoms with E-state index in [0.29, 0.717) is 0 Å². The SMILES string of the molecule is Cc1ccc(C(C)(C)c2ccc3c(c2)C(=O)OC(C)(C)C(C)(C)C(=O)O3)cc1. The molecule has 0 saturated carbocycles. The highest BCUT2D eigenvalue weighted by molar-refractivity contribution is 5.96. The number of fused-ring (bicyclic) bond motifs is 1. The van der Waals surface area contributed by atoms with Gasteiger partial charge in [0, 0.05) is 5.41 Å². The summed E-state index contributed by atoms with van der Waals surface area (Å²) < 4.78 is 11.3. The van der Waals surface area contributed by atoms with Gasteiger partial charge in [0.1, 0.15) is 22.3 Å². The topological polar surface area (TPSA) is 52.6 Å². The molecule has 0 unspecified atom stereocenters. The number of esters is 2. The predicted octanol–water partition coefficient (Wildman–Crippen LogP) is 5.20. The van der Waals surface area contributed by atoms with Crippen LogP contribution in [0.25, 0.3) is 0 Å². The largest absolute Gasteiger partial charge is 0.455 e. The third kappa shape index (κ3) is 3.21. The van der Waals surface area contributed by atoms with Gasteiger partial charge >= 0.3 is 11.9 Å². The highest BCUT2D eigenvalue weighted by Crippen LogP contribution is 2.41. The molecule has 0 radical (unpaired) electrons. The number of carbonyl (C=O) groups excluding carboxylic acids is 2. The third-order valence-corrected chi connectivity index (χ3v) is 6.26. The summed E-state index contributed by atoms with van der Waals surface area (Å²) in [4.78, 5) is 25.6. The molecule has 2 aromatic carbocycles. The number of rotatable bonds is 2. The number of benzene rings is 2. The molecule has 1 heterocycles. The first-order chi connectivity index (χ1) is 12.9. The van der Waals surface area contributed by atoms with E-state index in [0.717, 1.165) is 11.1 Å². The Kier molecular flexibility index (Phi) is 4.65.